The molecule has 0 fully saturated rings. The van der Waals surface area contributed by atoms with Gasteiger partial charge in [-0.15, -0.1) is 0 Å². The molecule has 0 radical (unpaired) electrons. The summed E-state index contributed by atoms with van der Waals surface area (Å²) in [6, 6.07) is 6.68. The summed E-state index contributed by atoms with van der Waals surface area (Å²) in [4.78, 5) is 0. The van der Waals surface area contributed by atoms with Crippen LogP contribution >= 0.6 is 39.1 Å². The summed E-state index contributed by atoms with van der Waals surface area (Å²) in [5, 5.41) is 20.7. The van der Waals surface area contributed by atoms with E-state index in [-0.39, 0.29) is 5.57 Å². The number of hydrogen-bond acceptors (Lipinski definition) is 3. The maximum atomic E-state index is 8.53. The van der Waals surface area contributed by atoms with E-state index >= 15 is 0 Å². The van der Waals surface area contributed by atoms with Gasteiger partial charge in [0.1, 0.15) is 17.7 Å². The summed E-state index contributed by atoms with van der Waals surface area (Å²) in [6.07, 6.45) is 1.27. The predicted octanol–water partition coefficient (Wildman–Crippen LogP) is 4.10. The number of nitrogens with zero attached hydrogens (tertiary/aromatic N) is 2. The molecule has 0 aliphatic carbocycles. The van der Waals surface area contributed by atoms with E-state index in [0.29, 0.717) is 20.2 Å². The van der Waals surface area contributed by atoms with Crippen molar-refractivity contribution in [3.8, 4) is 12.1 Å². The smallest absolute Gasteiger partial charge is 0.145 e. The van der Waals surface area contributed by atoms with E-state index in [4.69, 9.17) is 33.7 Å². The van der Waals surface area contributed by atoms with Crippen molar-refractivity contribution in [2.75, 3.05) is 5.32 Å². The standard InChI is InChI=1S/C10H4BrCl2N3/c11-8-1-7(12)2-9(10(8)13)16-5-6(3-14)4-15/h1-2,5,16H. The van der Waals surface area contributed by atoms with Gasteiger partial charge in [-0.25, -0.2) is 0 Å². The van der Waals surface area contributed by atoms with Crippen LogP contribution in [0.4, 0.5) is 5.69 Å². The first-order valence-electron chi connectivity index (χ1n) is 4.00. The van der Waals surface area contributed by atoms with E-state index in [9.17, 15) is 0 Å². The topological polar surface area (TPSA) is 59.6 Å². The number of allylic oxidation sites excluding steroid dienone is 1. The fourth-order valence-electron chi connectivity index (χ4n) is 0.900. The molecule has 0 amide bonds. The van der Waals surface area contributed by atoms with Gasteiger partial charge in [0.15, 0.2) is 0 Å². The van der Waals surface area contributed by atoms with Crippen molar-refractivity contribution in [2.45, 2.75) is 0 Å². The summed E-state index contributed by atoms with van der Waals surface area (Å²) in [5.74, 6) is 0. The molecule has 0 saturated carbocycles. The van der Waals surface area contributed by atoms with Crippen LogP contribution < -0.4 is 5.32 Å². The fraction of sp³-hybridized carbons (Fsp3) is 0. The second-order valence-corrected chi connectivity index (χ2v) is 4.34. The van der Waals surface area contributed by atoms with E-state index in [2.05, 4.69) is 21.2 Å². The van der Waals surface area contributed by atoms with Crippen LogP contribution in [0.5, 0.6) is 0 Å². The Morgan fingerprint density at radius 1 is 1.31 bits per heavy atom. The molecule has 0 atom stereocenters. The van der Waals surface area contributed by atoms with Crippen LogP contribution in [0.1, 0.15) is 0 Å². The Morgan fingerprint density at radius 2 is 1.94 bits per heavy atom. The molecule has 16 heavy (non-hydrogen) atoms. The third-order valence-electron chi connectivity index (χ3n) is 1.61. The van der Waals surface area contributed by atoms with Crippen LogP contribution in [0.25, 0.3) is 0 Å². The average molecular weight is 317 g/mol. The van der Waals surface area contributed by atoms with Gasteiger partial charge in [-0.2, -0.15) is 10.5 Å². The third kappa shape index (κ3) is 3.15. The Morgan fingerprint density at radius 3 is 2.50 bits per heavy atom. The molecule has 1 aromatic rings. The van der Waals surface area contributed by atoms with Crippen molar-refractivity contribution >= 4 is 44.8 Å². The first kappa shape index (κ1) is 12.9. The number of nitrogens with one attached hydrogen (secondary N) is 1. The summed E-state index contributed by atoms with van der Waals surface area (Å²) in [7, 11) is 0. The Balaban J connectivity index is 3.05. The van der Waals surface area contributed by atoms with Gasteiger partial charge in [-0.1, -0.05) is 23.2 Å². The van der Waals surface area contributed by atoms with Crippen molar-refractivity contribution in [3.05, 3.63) is 38.4 Å². The van der Waals surface area contributed by atoms with Crippen LogP contribution in [-0.2, 0) is 0 Å². The van der Waals surface area contributed by atoms with E-state index in [1.807, 2.05) is 0 Å². The third-order valence-corrected chi connectivity index (χ3v) is 3.09. The van der Waals surface area contributed by atoms with Crippen molar-refractivity contribution in [3.63, 3.8) is 0 Å². The molecular weight excluding hydrogens is 313 g/mol. The minimum absolute atomic E-state index is 0.0489. The zero-order chi connectivity index (χ0) is 12.1. The van der Waals surface area contributed by atoms with Gasteiger partial charge >= 0.3 is 0 Å². The van der Waals surface area contributed by atoms with E-state index in [1.54, 1.807) is 24.3 Å². The highest BCUT2D eigenvalue weighted by atomic mass is 79.9. The molecule has 1 aromatic carbocycles. The lowest BCUT2D eigenvalue weighted by Gasteiger charge is -2.06. The highest BCUT2D eigenvalue weighted by molar-refractivity contribution is 9.10. The zero-order valence-electron chi connectivity index (χ0n) is 7.76. The zero-order valence-corrected chi connectivity index (χ0v) is 10.9. The van der Waals surface area contributed by atoms with Gasteiger partial charge in [-0.05, 0) is 28.1 Å². The lowest BCUT2D eigenvalue weighted by molar-refractivity contribution is 1.44. The van der Waals surface area contributed by atoms with Crippen LogP contribution in [0.15, 0.2) is 28.4 Å². The van der Waals surface area contributed by atoms with Crippen LogP contribution in [-0.4, -0.2) is 0 Å². The molecular formula is C10H4BrCl2N3. The van der Waals surface area contributed by atoms with Gasteiger partial charge in [0.25, 0.3) is 0 Å². The highest BCUT2D eigenvalue weighted by Crippen LogP contribution is 2.33. The van der Waals surface area contributed by atoms with Crippen LogP contribution in [0.3, 0.4) is 0 Å². The maximum absolute atomic E-state index is 8.53. The van der Waals surface area contributed by atoms with Crippen molar-refractivity contribution in [2.24, 2.45) is 0 Å². The van der Waals surface area contributed by atoms with Gasteiger partial charge in [0.05, 0.1) is 10.7 Å². The molecule has 0 heterocycles. The van der Waals surface area contributed by atoms with Crippen LogP contribution in [0.2, 0.25) is 10.0 Å². The van der Waals surface area contributed by atoms with Gasteiger partial charge in [0, 0.05) is 15.7 Å². The van der Waals surface area contributed by atoms with Gasteiger partial charge in [-0.3, -0.25) is 0 Å². The lowest BCUT2D eigenvalue weighted by atomic mass is 10.3. The summed E-state index contributed by atoms with van der Waals surface area (Å²) >= 11 is 15.0. The van der Waals surface area contributed by atoms with E-state index in [1.165, 1.54) is 6.20 Å². The summed E-state index contributed by atoms with van der Waals surface area (Å²) in [6.45, 7) is 0. The Hall–Kier alpha value is -1.20. The lowest BCUT2D eigenvalue weighted by Crippen LogP contribution is -1.91. The van der Waals surface area contributed by atoms with Gasteiger partial charge in [0.2, 0.25) is 0 Å². The Labute approximate surface area is 111 Å². The SMILES string of the molecule is N#CC(C#N)=CNc1cc(Cl)cc(Br)c1Cl. The molecule has 80 valence electrons. The molecule has 1 rings (SSSR count). The fourth-order valence-corrected chi connectivity index (χ4v) is 1.87. The molecule has 0 aromatic heterocycles. The number of hydrogen-bond donors (Lipinski definition) is 1. The molecule has 6 heteroatoms. The second kappa shape index (κ2) is 5.77. The normalized spacial score (nSPS) is 8.81. The molecule has 3 nitrogen and oxygen atoms in total. The van der Waals surface area contributed by atoms with Crippen molar-refractivity contribution in [1.29, 1.82) is 10.5 Å². The van der Waals surface area contributed by atoms with E-state index < -0.39 is 0 Å². The first-order valence-corrected chi connectivity index (χ1v) is 5.55. The minimum atomic E-state index is -0.0489. The van der Waals surface area contributed by atoms with Gasteiger partial charge < -0.3 is 5.32 Å². The minimum Gasteiger partial charge on any atom is -0.359 e. The number of anilines is 1. The number of rotatable bonds is 2. The molecule has 0 aliphatic heterocycles. The molecule has 0 aliphatic rings. The second-order valence-electron chi connectivity index (χ2n) is 2.68. The number of benzene rings is 1. The monoisotopic (exact) mass is 315 g/mol. The van der Waals surface area contributed by atoms with Crippen LogP contribution in [0, 0.1) is 22.7 Å². The molecule has 0 bridgehead atoms. The van der Waals surface area contributed by atoms with Crippen molar-refractivity contribution in [1.82, 2.24) is 0 Å². The molecule has 0 saturated heterocycles. The highest BCUT2D eigenvalue weighted by Gasteiger charge is 2.05. The number of halogens is 3. The molecule has 0 spiro atoms. The quantitative estimate of drug-likeness (QED) is 0.660. The first-order chi connectivity index (χ1) is 7.58. The average Bonchev–Trinajstić information content (AvgIpc) is 2.26. The molecule has 1 N–H and O–H groups in total. The summed E-state index contributed by atoms with van der Waals surface area (Å²) in [5.41, 5.74) is 0.469. The molecule has 0 unspecified atom stereocenters. The number of nitriles is 2. The van der Waals surface area contributed by atoms with Crippen molar-refractivity contribution < 1.29 is 0 Å². The summed E-state index contributed by atoms with van der Waals surface area (Å²) < 4.78 is 0.632. The Bertz CT molecular complexity index is 510. The largest absolute Gasteiger partial charge is 0.359 e. The Kier molecular flexibility index (Phi) is 4.64. The maximum Gasteiger partial charge on any atom is 0.145 e. The van der Waals surface area contributed by atoms with E-state index in [0.717, 1.165) is 0 Å². The predicted molar refractivity (Wildman–Crippen MR) is 67.1 cm³/mol.